The Morgan fingerprint density at radius 2 is 1.90 bits per heavy atom. The summed E-state index contributed by atoms with van der Waals surface area (Å²) in [5.74, 6) is 0.691. The molecule has 0 unspecified atom stereocenters. The second-order valence-corrected chi connectivity index (χ2v) is 5.84. The number of amides is 1. The van der Waals surface area contributed by atoms with Gasteiger partial charge in [-0.25, -0.2) is 0 Å². The number of carbonyl (C=O) groups excluding carboxylic acids is 1. The molecule has 110 valence electrons. The Bertz CT molecular complexity index is 656. The van der Waals surface area contributed by atoms with E-state index in [2.05, 4.69) is 21.2 Å². The van der Waals surface area contributed by atoms with Crippen molar-refractivity contribution in [1.82, 2.24) is 0 Å². The molecule has 0 aliphatic rings. The van der Waals surface area contributed by atoms with Crippen LogP contribution < -0.4 is 10.1 Å². The fourth-order valence-electron chi connectivity index (χ4n) is 1.91. The number of anilines is 1. The van der Waals surface area contributed by atoms with Gasteiger partial charge in [0.2, 0.25) is 5.91 Å². The molecule has 0 aromatic heterocycles. The molecule has 2 rings (SSSR count). The SMILES string of the molecule is COc1ccc(CC(=O)Nc2ccc(Br)c(Cl)c2C)cc1. The van der Waals surface area contributed by atoms with Gasteiger partial charge >= 0.3 is 0 Å². The summed E-state index contributed by atoms with van der Waals surface area (Å²) in [5, 5.41) is 3.49. The average Bonchev–Trinajstić information content (AvgIpc) is 2.49. The van der Waals surface area contributed by atoms with Gasteiger partial charge in [0.15, 0.2) is 0 Å². The van der Waals surface area contributed by atoms with E-state index in [-0.39, 0.29) is 5.91 Å². The van der Waals surface area contributed by atoms with Crippen LogP contribution in [0.4, 0.5) is 5.69 Å². The molecule has 0 aliphatic heterocycles. The third-order valence-corrected chi connectivity index (χ3v) is 4.51. The maximum atomic E-state index is 12.1. The number of rotatable bonds is 4. The molecule has 0 fully saturated rings. The Balaban J connectivity index is 2.06. The highest BCUT2D eigenvalue weighted by Crippen LogP contribution is 2.31. The molecule has 0 spiro atoms. The van der Waals surface area contributed by atoms with Gasteiger partial charge in [0.1, 0.15) is 5.75 Å². The largest absolute Gasteiger partial charge is 0.497 e. The van der Waals surface area contributed by atoms with E-state index in [1.54, 1.807) is 7.11 Å². The maximum absolute atomic E-state index is 12.1. The molecular formula is C16H15BrClNO2. The number of halogens is 2. The molecule has 2 aromatic rings. The lowest BCUT2D eigenvalue weighted by atomic mass is 10.1. The predicted molar refractivity (Wildman–Crippen MR) is 89.2 cm³/mol. The first-order valence-corrected chi connectivity index (χ1v) is 7.55. The van der Waals surface area contributed by atoms with Gasteiger partial charge in [-0.15, -0.1) is 0 Å². The molecule has 3 nitrogen and oxygen atoms in total. The van der Waals surface area contributed by atoms with E-state index in [0.717, 1.165) is 27.0 Å². The van der Waals surface area contributed by atoms with Crippen LogP contribution in [0.15, 0.2) is 40.9 Å². The van der Waals surface area contributed by atoms with Gasteiger partial charge in [-0.05, 0) is 58.2 Å². The molecule has 2 aromatic carbocycles. The number of nitrogens with one attached hydrogen (secondary N) is 1. The summed E-state index contributed by atoms with van der Waals surface area (Å²) in [6.07, 6.45) is 0.303. The van der Waals surface area contributed by atoms with E-state index in [9.17, 15) is 4.79 Å². The van der Waals surface area contributed by atoms with Crippen LogP contribution in [-0.4, -0.2) is 13.0 Å². The number of carbonyl (C=O) groups is 1. The zero-order valence-corrected chi connectivity index (χ0v) is 14.1. The van der Waals surface area contributed by atoms with Crippen LogP contribution >= 0.6 is 27.5 Å². The highest BCUT2D eigenvalue weighted by atomic mass is 79.9. The summed E-state index contributed by atoms with van der Waals surface area (Å²) >= 11 is 9.51. The van der Waals surface area contributed by atoms with E-state index in [1.165, 1.54) is 0 Å². The van der Waals surface area contributed by atoms with Crippen LogP contribution in [0.5, 0.6) is 5.75 Å². The summed E-state index contributed by atoms with van der Waals surface area (Å²) in [6.45, 7) is 1.87. The molecule has 0 atom stereocenters. The first kappa shape index (κ1) is 15.9. The first-order chi connectivity index (χ1) is 10.0. The molecule has 0 saturated heterocycles. The van der Waals surface area contributed by atoms with Crippen molar-refractivity contribution in [3.63, 3.8) is 0 Å². The zero-order chi connectivity index (χ0) is 15.4. The summed E-state index contributed by atoms with van der Waals surface area (Å²) in [5.41, 5.74) is 2.49. The third kappa shape index (κ3) is 3.99. The van der Waals surface area contributed by atoms with E-state index in [1.807, 2.05) is 43.3 Å². The Morgan fingerprint density at radius 1 is 1.24 bits per heavy atom. The van der Waals surface area contributed by atoms with Gasteiger partial charge in [-0.1, -0.05) is 23.7 Å². The molecule has 1 N–H and O–H groups in total. The van der Waals surface area contributed by atoms with E-state index >= 15 is 0 Å². The number of methoxy groups -OCH3 is 1. The molecule has 21 heavy (non-hydrogen) atoms. The average molecular weight is 369 g/mol. The lowest BCUT2D eigenvalue weighted by Gasteiger charge is -2.11. The Kier molecular flexibility index (Phi) is 5.26. The molecule has 1 amide bonds. The minimum Gasteiger partial charge on any atom is -0.497 e. The van der Waals surface area contributed by atoms with Crippen molar-refractivity contribution < 1.29 is 9.53 Å². The van der Waals surface area contributed by atoms with Crippen LogP contribution in [-0.2, 0) is 11.2 Å². The Hall–Kier alpha value is -1.52. The maximum Gasteiger partial charge on any atom is 0.228 e. The third-order valence-electron chi connectivity index (χ3n) is 3.14. The van der Waals surface area contributed by atoms with Gasteiger partial charge < -0.3 is 10.1 Å². The molecule has 0 aliphatic carbocycles. The Morgan fingerprint density at radius 3 is 2.52 bits per heavy atom. The number of hydrogen-bond acceptors (Lipinski definition) is 2. The Labute approximate surface area is 137 Å². The van der Waals surface area contributed by atoms with Crippen LogP contribution in [0.2, 0.25) is 5.02 Å². The number of ether oxygens (including phenoxy) is 1. The van der Waals surface area contributed by atoms with Gasteiger partial charge in [0.25, 0.3) is 0 Å². The normalized spacial score (nSPS) is 10.3. The second kappa shape index (κ2) is 6.96. The molecule has 5 heteroatoms. The topological polar surface area (TPSA) is 38.3 Å². The van der Waals surface area contributed by atoms with Crippen molar-refractivity contribution in [2.45, 2.75) is 13.3 Å². The quantitative estimate of drug-likeness (QED) is 0.856. The lowest BCUT2D eigenvalue weighted by Crippen LogP contribution is -2.15. The highest BCUT2D eigenvalue weighted by molar-refractivity contribution is 9.10. The van der Waals surface area contributed by atoms with Crippen molar-refractivity contribution >= 4 is 39.1 Å². The number of benzene rings is 2. The van der Waals surface area contributed by atoms with Gasteiger partial charge in [0, 0.05) is 10.2 Å². The molecule has 0 saturated carbocycles. The van der Waals surface area contributed by atoms with E-state index in [0.29, 0.717) is 11.4 Å². The summed E-state index contributed by atoms with van der Waals surface area (Å²) in [6, 6.07) is 11.1. The summed E-state index contributed by atoms with van der Waals surface area (Å²) < 4.78 is 5.90. The predicted octanol–water partition coefficient (Wildman–Crippen LogP) is 4.60. The number of hydrogen-bond donors (Lipinski definition) is 1. The van der Waals surface area contributed by atoms with Crippen molar-refractivity contribution in [1.29, 1.82) is 0 Å². The fraction of sp³-hybridized carbons (Fsp3) is 0.188. The molecule has 0 heterocycles. The van der Waals surface area contributed by atoms with Crippen molar-refractivity contribution in [3.05, 3.63) is 57.0 Å². The van der Waals surface area contributed by atoms with Crippen LogP contribution in [0.3, 0.4) is 0 Å². The molecule has 0 radical (unpaired) electrons. The summed E-state index contributed by atoms with van der Waals surface area (Å²) in [4.78, 5) is 12.1. The lowest BCUT2D eigenvalue weighted by molar-refractivity contribution is -0.115. The summed E-state index contributed by atoms with van der Waals surface area (Å²) in [7, 11) is 1.61. The molecule has 0 bridgehead atoms. The van der Waals surface area contributed by atoms with Gasteiger partial charge in [-0.3, -0.25) is 4.79 Å². The molecular weight excluding hydrogens is 354 g/mol. The first-order valence-electron chi connectivity index (χ1n) is 6.38. The van der Waals surface area contributed by atoms with E-state index in [4.69, 9.17) is 16.3 Å². The van der Waals surface area contributed by atoms with Crippen LogP contribution in [0.1, 0.15) is 11.1 Å². The minimum atomic E-state index is -0.0818. The van der Waals surface area contributed by atoms with Crippen molar-refractivity contribution in [2.75, 3.05) is 12.4 Å². The van der Waals surface area contributed by atoms with Crippen LogP contribution in [0, 0.1) is 6.92 Å². The van der Waals surface area contributed by atoms with Gasteiger partial charge in [-0.2, -0.15) is 0 Å². The van der Waals surface area contributed by atoms with Crippen molar-refractivity contribution in [2.24, 2.45) is 0 Å². The van der Waals surface area contributed by atoms with Crippen LogP contribution in [0.25, 0.3) is 0 Å². The smallest absolute Gasteiger partial charge is 0.228 e. The van der Waals surface area contributed by atoms with Crippen molar-refractivity contribution in [3.8, 4) is 5.75 Å². The standard InChI is InChI=1S/C16H15BrClNO2/c1-10-14(8-7-13(17)16(10)18)19-15(20)9-11-3-5-12(21-2)6-4-11/h3-8H,9H2,1-2H3,(H,19,20). The van der Waals surface area contributed by atoms with E-state index < -0.39 is 0 Å². The fourth-order valence-corrected chi connectivity index (χ4v) is 2.50. The highest BCUT2D eigenvalue weighted by Gasteiger charge is 2.10. The van der Waals surface area contributed by atoms with Gasteiger partial charge in [0.05, 0.1) is 18.6 Å². The minimum absolute atomic E-state index is 0.0818. The zero-order valence-electron chi connectivity index (χ0n) is 11.7. The second-order valence-electron chi connectivity index (χ2n) is 4.61. The monoisotopic (exact) mass is 367 g/mol.